The molecule has 0 spiro atoms. The van der Waals surface area contributed by atoms with E-state index in [4.69, 9.17) is 4.74 Å². The molecule has 0 saturated carbocycles. The Kier molecular flexibility index (Phi) is 4.79. The van der Waals surface area contributed by atoms with Gasteiger partial charge in [0, 0.05) is 17.7 Å². The van der Waals surface area contributed by atoms with Gasteiger partial charge in [-0.1, -0.05) is 23.1 Å². The maximum absolute atomic E-state index is 12.9. The number of benzene rings is 1. The number of fused-ring (bicyclic) bond motifs is 3. The lowest BCUT2D eigenvalue weighted by Gasteiger charge is -2.13. The van der Waals surface area contributed by atoms with Gasteiger partial charge < -0.3 is 10.1 Å². The summed E-state index contributed by atoms with van der Waals surface area (Å²) in [7, 11) is 0. The summed E-state index contributed by atoms with van der Waals surface area (Å²) in [4.78, 5) is 34.7. The minimum Gasteiger partial charge on any atom is -0.494 e. The Labute approximate surface area is 175 Å². The molecule has 1 aliphatic carbocycles. The third-order valence-corrected chi connectivity index (χ3v) is 7.24. The van der Waals surface area contributed by atoms with E-state index in [-0.39, 0.29) is 23.9 Å². The smallest absolute Gasteiger partial charge is 0.257 e. The lowest BCUT2D eigenvalue weighted by Crippen LogP contribution is -2.30. The number of aryl methyl sites for hydroxylation is 1. The molecule has 0 fully saturated rings. The summed E-state index contributed by atoms with van der Waals surface area (Å²) in [5, 5.41) is 4.20. The van der Waals surface area contributed by atoms with Crippen LogP contribution < -0.4 is 15.6 Å². The molecule has 1 N–H and O–H groups in total. The van der Waals surface area contributed by atoms with Crippen molar-refractivity contribution in [2.45, 2.75) is 43.8 Å². The van der Waals surface area contributed by atoms with Gasteiger partial charge in [-0.05, 0) is 44.4 Å². The molecule has 3 heterocycles. The molecule has 0 bridgehead atoms. The number of nitrogens with one attached hydrogen (secondary N) is 1. The van der Waals surface area contributed by atoms with Gasteiger partial charge in [0.25, 0.3) is 5.56 Å². The highest BCUT2D eigenvalue weighted by molar-refractivity contribution is 7.99. The number of hydrogen-bond donors (Lipinski definition) is 1. The zero-order chi connectivity index (χ0) is 20.0. The SMILES string of the molecule is CCOc1ccc2nc(NC(=O)CC3CSc4nc5c(c(=O)n43)CCC5)sc2c1. The van der Waals surface area contributed by atoms with Gasteiger partial charge in [-0.3, -0.25) is 14.2 Å². The fraction of sp³-hybridized carbons (Fsp3) is 0.400. The highest BCUT2D eigenvalue weighted by Crippen LogP contribution is 2.35. The summed E-state index contributed by atoms with van der Waals surface area (Å²) in [6.07, 6.45) is 2.90. The Balaban J connectivity index is 1.32. The van der Waals surface area contributed by atoms with Crippen LogP contribution in [0.1, 0.15) is 37.1 Å². The quantitative estimate of drug-likeness (QED) is 0.627. The fourth-order valence-corrected chi connectivity index (χ4v) is 5.97. The molecule has 0 saturated heterocycles. The lowest BCUT2D eigenvalue weighted by molar-refractivity contribution is -0.116. The van der Waals surface area contributed by atoms with Gasteiger partial charge in [-0.25, -0.2) is 9.97 Å². The molecular formula is C20H20N4O3S2. The molecule has 0 radical (unpaired) electrons. The van der Waals surface area contributed by atoms with E-state index in [0.717, 1.165) is 51.6 Å². The van der Waals surface area contributed by atoms with Gasteiger partial charge >= 0.3 is 0 Å². The van der Waals surface area contributed by atoms with Crippen LogP contribution in [0.15, 0.2) is 28.2 Å². The molecule has 5 rings (SSSR count). The summed E-state index contributed by atoms with van der Waals surface area (Å²) in [6.45, 7) is 2.54. The number of carbonyl (C=O) groups excluding carboxylic acids is 1. The molecule has 29 heavy (non-hydrogen) atoms. The molecule has 1 amide bonds. The topological polar surface area (TPSA) is 86.1 Å². The van der Waals surface area contributed by atoms with Crippen LogP contribution in [0.2, 0.25) is 0 Å². The minimum atomic E-state index is -0.167. The van der Waals surface area contributed by atoms with Crippen molar-refractivity contribution in [2.75, 3.05) is 17.7 Å². The van der Waals surface area contributed by atoms with E-state index in [1.807, 2.05) is 25.1 Å². The van der Waals surface area contributed by atoms with Gasteiger partial charge in [-0.2, -0.15) is 0 Å². The first-order valence-electron chi connectivity index (χ1n) is 9.72. The molecular weight excluding hydrogens is 408 g/mol. The first-order chi connectivity index (χ1) is 14.1. The number of ether oxygens (including phenoxy) is 1. The second-order valence-electron chi connectivity index (χ2n) is 7.15. The van der Waals surface area contributed by atoms with Crippen molar-refractivity contribution in [3.8, 4) is 5.75 Å². The van der Waals surface area contributed by atoms with Crippen LogP contribution >= 0.6 is 23.1 Å². The van der Waals surface area contributed by atoms with E-state index in [2.05, 4.69) is 15.3 Å². The summed E-state index contributed by atoms with van der Waals surface area (Å²) in [5.74, 6) is 1.34. The van der Waals surface area contributed by atoms with Crippen molar-refractivity contribution in [3.05, 3.63) is 39.8 Å². The van der Waals surface area contributed by atoms with Crippen molar-refractivity contribution in [2.24, 2.45) is 0 Å². The zero-order valence-electron chi connectivity index (χ0n) is 15.9. The largest absolute Gasteiger partial charge is 0.494 e. The first kappa shape index (κ1) is 18.6. The van der Waals surface area contributed by atoms with Gasteiger partial charge in [0.05, 0.1) is 28.6 Å². The third-order valence-electron chi connectivity index (χ3n) is 5.21. The Bertz CT molecular complexity index is 1170. The summed E-state index contributed by atoms with van der Waals surface area (Å²) < 4.78 is 8.21. The second-order valence-corrected chi connectivity index (χ2v) is 9.16. The molecule has 2 aromatic heterocycles. The standard InChI is InChI=1S/C20H20N4O3S2/c1-2-27-12-6-7-15-16(9-12)29-19(21-15)23-17(25)8-11-10-28-20-22-14-5-3-4-13(14)18(26)24(11)20/h6-7,9,11H,2-5,8,10H2,1H3,(H,21,23,25). The van der Waals surface area contributed by atoms with E-state index in [1.165, 1.54) is 11.3 Å². The zero-order valence-corrected chi connectivity index (χ0v) is 17.6. The second kappa shape index (κ2) is 7.46. The van der Waals surface area contributed by atoms with Crippen molar-refractivity contribution >= 4 is 44.4 Å². The number of aromatic nitrogens is 3. The van der Waals surface area contributed by atoms with Gasteiger partial charge in [0.2, 0.25) is 5.91 Å². The van der Waals surface area contributed by atoms with Crippen LogP contribution in [0.3, 0.4) is 0 Å². The van der Waals surface area contributed by atoms with E-state index in [9.17, 15) is 9.59 Å². The van der Waals surface area contributed by atoms with E-state index in [0.29, 0.717) is 17.5 Å². The number of anilines is 1. The molecule has 150 valence electrons. The summed E-state index contributed by atoms with van der Waals surface area (Å²) in [6, 6.07) is 5.53. The van der Waals surface area contributed by atoms with Crippen molar-refractivity contribution in [1.82, 2.24) is 14.5 Å². The maximum atomic E-state index is 12.9. The molecule has 1 unspecified atom stereocenters. The van der Waals surface area contributed by atoms with Crippen LogP contribution in [-0.2, 0) is 17.6 Å². The highest BCUT2D eigenvalue weighted by Gasteiger charge is 2.31. The first-order valence-corrected chi connectivity index (χ1v) is 11.5. The number of amides is 1. The molecule has 9 heteroatoms. The van der Waals surface area contributed by atoms with Gasteiger partial charge in [-0.15, -0.1) is 0 Å². The Morgan fingerprint density at radius 2 is 2.24 bits per heavy atom. The Morgan fingerprint density at radius 1 is 1.34 bits per heavy atom. The molecule has 1 atom stereocenters. The third kappa shape index (κ3) is 3.42. The van der Waals surface area contributed by atoms with E-state index in [1.54, 1.807) is 16.3 Å². The fourth-order valence-electron chi connectivity index (χ4n) is 3.90. The monoisotopic (exact) mass is 428 g/mol. The van der Waals surface area contributed by atoms with Crippen LogP contribution in [0.25, 0.3) is 10.2 Å². The summed E-state index contributed by atoms with van der Waals surface area (Å²) in [5.41, 5.74) is 2.64. The van der Waals surface area contributed by atoms with Crippen LogP contribution in [0.4, 0.5) is 5.13 Å². The number of hydrogen-bond acceptors (Lipinski definition) is 7. The number of thiazole rings is 1. The van der Waals surface area contributed by atoms with Crippen molar-refractivity contribution < 1.29 is 9.53 Å². The minimum absolute atomic E-state index is 0.0359. The number of rotatable bonds is 5. The highest BCUT2D eigenvalue weighted by atomic mass is 32.2. The van der Waals surface area contributed by atoms with Gasteiger partial charge in [0.1, 0.15) is 5.75 Å². The van der Waals surface area contributed by atoms with Crippen LogP contribution in [-0.4, -0.2) is 32.8 Å². The lowest BCUT2D eigenvalue weighted by atomic mass is 10.2. The average Bonchev–Trinajstić information content (AvgIpc) is 3.40. The van der Waals surface area contributed by atoms with E-state index < -0.39 is 0 Å². The Morgan fingerprint density at radius 3 is 3.10 bits per heavy atom. The van der Waals surface area contributed by atoms with Crippen molar-refractivity contribution in [3.63, 3.8) is 0 Å². The van der Waals surface area contributed by atoms with Crippen LogP contribution in [0, 0.1) is 0 Å². The number of nitrogens with zero attached hydrogens (tertiary/aromatic N) is 3. The average molecular weight is 429 g/mol. The molecule has 1 aliphatic heterocycles. The normalized spacial score (nSPS) is 17.3. The Hall–Kier alpha value is -2.39. The molecule has 3 aromatic rings. The number of carbonyl (C=O) groups is 1. The van der Waals surface area contributed by atoms with Crippen molar-refractivity contribution in [1.29, 1.82) is 0 Å². The van der Waals surface area contributed by atoms with Crippen LogP contribution in [0.5, 0.6) is 5.75 Å². The molecule has 1 aromatic carbocycles. The predicted molar refractivity (Wildman–Crippen MR) is 114 cm³/mol. The molecule has 2 aliphatic rings. The van der Waals surface area contributed by atoms with Gasteiger partial charge in [0.15, 0.2) is 10.3 Å². The maximum Gasteiger partial charge on any atom is 0.257 e. The number of thioether (sulfide) groups is 1. The molecule has 7 nitrogen and oxygen atoms in total. The predicted octanol–water partition coefficient (Wildman–Crippen LogP) is 3.42. The van der Waals surface area contributed by atoms with E-state index >= 15 is 0 Å². The summed E-state index contributed by atoms with van der Waals surface area (Å²) >= 11 is 2.98.